The maximum atomic E-state index is 10.2. The van der Waals surface area contributed by atoms with Gasteiger partial charge in [-0.15, -0.1) is 0 Å². The Morgan fingerprint density at radius 3 is 1.27 bits per heavy atom. The van der Waals surface area contributed by atoms with E-state index in [1.54, 1.807) is 13.8 Å². The van der Waals surface area contributed by atoms with Crippen LogP contribution >= 0.6 is 0 Å². The second kappa shape index (κ2) is 8.26. The molecule has 0 aliphatic carbocycles. The van der Waals surface area contributed by atoms with Gasteiger partial charge in [0.15, 0.2) is 5.92 Å². The molecule has 0 heterocycles. The smallest absolute Gasteiger partial charge is 0.318 e. The van der Waals surface area contributed by atoms with Gasteiger partial charge in [-0.3, -0.25) is 9.59 Å². The molecule has 0 aliphatic heterocycles. The summed E-state index contributed by atoms with van der Waals surface area (Å²) in [7, 11) is 0. The van der Waals surface area contributed by atoms with Crippen molar-refractivity contribution in [3.63, 3.8) is 0 Å². The van der Waals surface area contributed by atoms with Crippen molar-refractivity contribution in [2.45, 2.75) is 41.0 Å². The van der Waals surface area contributed by atoms with Crippen molar-refractivity contribution >= 4 is 11.9 Å². The van der Waals surface area contributed by atoms with E-state index in [4.69, 9.17) is 10.2 Å². The highest BCUT2D eigenvalue weighted by atomic mass is 16.4. The molecule has 0 rings (SSSR count). The first-order chi connectivity index (χ1) is 6.73. The Kier molecular flexibility index (Phi) is 9.02. The van der Waals surface area contributed by atoms with Gasteiger partial charge in [0.2, 0.25) is 0 Å². The molecule has 4 nitrogen and oxygen atoms in total. The fraction of sp³-hybridized carbons (Fsp3) is 0.818. The molecule has 0 aromatic heterocycles. The van der Waals surface area contributed by atoms with Gasteiger partial charge in [0.25, 0.3) is 0 Å². The number of carboxylic acids is 2. The van der Waals surface area contributed by atoms with Gasteiger partial charge in [0, 0.05) is 0 Å². The Morgan fingerprint density at radius 2 is 1.27 bits per heavy atom. The van der Waals surface area contributed by atoms with Gasteiger partial charge in [0.1, 0.15) is 0 Å². The molecule has 0 aliphatic rings. The molecule has 4 heteroatoms. The average molecular weight is 218 g/mol. The zero-order valence-corrected chi connectivity index (χ0v) is 10.2. The zero-order valence-electron chi connectivity index (χ0n) is 10.2. The van der Waals surface area contributed by atoms with Gasteiger partial charge in [-0.05, 0) is 11.8 Å². The van der Waals surface area contributed by atoms with Crippen LogP contribution in [0.5, 0.6) is 0 Å². The van der Waals surface area contributed by atoms with Crippen LogP contribution in [0.3, 0.4) is 0 Å². The molecular weight excluding hydrogens is 196 g/mol. The Labute approximate surface area is 91.3 Å². The Balaban J connectivity index is 0. The van der Waals surface area contributed by atoms with Crippen LogP contribution in [-0.2, 0) is 9.59 Å². The highest BCUT2D eigenvalue weighted by molar-refractivity contribution is 5.93. The van der Waals surface area contributed by atoms with Crippen molar-refractivity contribution in [2.24, 2.45) is 17.8 Å². The van der Waals surface area contributed by atoms with E-state index >= 15 is 0 Å². The molecule has 90 valence electrons. The monoisotopic (exact) mass is 218 g/mol. The van der Waals surface area contributed by atoms with E-state index in [-0.39, 0.29) is 5.92 Å². The van der Waals surface area contributed by atoms with E-state index in [0.717, 1.165) is 5.92 Å². The fourth-order valence-electron chi connectivity index (χ4n) is 0.676. The number of hydrogen-bond acceptors (Lipinski definition) is 2. The minimum absolute atomic E-state index is 0.366. The lowest BCUT2D eigenvalue weighted by molar-refractivity contribution is -0.156. The quantitative estimate of drug-likeness (QED) is 0.711. The lowest BCUT2D eigenvalue weighted by Gasteiger charge is -2.09. The number of carbonyl (C=O) groups is 2. The molecule has 0 radical (unpaired) electrons. The van der Waals surface area contributed by atoms with Gasteiger partial charge in [-0.25, -0.2) is 0 Å². The van der Waals surface area contributed by atoms with Crippen LogP contribution in [-0.4, -0.2) is 22.2 Å². The van der Waals surface area contributed by atoms with E-state index in [0.29, 0.717) is 0 Å². The predicted octanol–water partition coefficient (Wildman–Crippen LogP) is 2.48. The maximum Gasteiger partial charge on any atom is 0.318 e. The average Bonchev–Trinajstić information content (AvgIpc) is 2.02. The summed E-state index contributed by atoms with van der Waals surface area (Å²) in [6.45, 7) is 9.77. The molecule has 0 amide bonds. The van der Waals surface area contributed by atoms with Gasteiger partial charge in [-0.2, -0.15) is 0 Å². The summed E-state index contributed by atoms with van der Waals surface area (Å²) in [6, 6.07) is 0. The van der Waals surface area contributed by atoms with Crippen LogP contribution in [0.4, 0.5) is 0 Å². The molecule has 2 N–H and O–H groups in total. The zero-order chi connectivity index (χ0) is 12.6. The van der Waals surface area contributed by atoms with Crippen molar-refractivity contribution in [3.05, 3.63) is 0 Å². The minimum Gasteiger partial charge on any atom is -0.481 e. The predicted molar refractivity (Wildman–Crippen MR) is 58.7 cm³/mol. The fourth-order valence-corrected chi connectivity index (χ4v) is 0.676. The third kappa shape index (κ3) is 9.25. The van der Waals surface area contributed by atoms with E-state index < -0.39 is 17.9 Å². The molecule has 0 aromatic carbocycles. The normalized spacial score (nSPS) is 10.1. The lowest BCUT2D eigenvalue weighted by Crippen LogP contribution is -2.28. The summed E-state index contributed by atoms with van der Waals surface area (Å²) >= 11 is 0. The first-order valence-corrected chi connectivity index (χ1v) is 5.19. The Hall–Kier alpha value is -1.06. The molecule has 0 atom stereocenters. The molecule has 0 aromatic rings. The Morgan fingerprint density at radius 1 is 1.00 bits per heavy atom. The molecule has 15 heavy (non-hydrogen) atoms. The third-order valence-electron chi connectivity index (χ3n) is 2.02. The van der Waals surface area contributed by atoms with Crippen molar-refractivity contribution in [1.82, 2.24) is 0 Å². The van der Waals surface area contributed by atoms with Crippen LogP contribution in [0.25, 0.3) is 0 Å². The van der Waals surface area contributed by atoms with Crippen molar-refractivity contribution in [1.29, 1.82) is 0 Å². The highest BCUT2D eigenvalue weighted by Gasteiger charge is 2.28. The van der Waals surface area contributed by atoms with Crippen LogP contribution < -0.4 is 0 Å². The van der Waals surface area contributed by atoms with Crippen LogP contribution in [0, 0.1) is 17.8 Å². The number of carboxylic acid groups (broad SMARTS) is 2. The van der Waals surface area contributed by atoms with Crippen LogP contribution in [0.15, 0.2) is 0 Å². The molecule has 0 fully saturated rings. The van der Waals surface area contributed by atoms with Gasteiger partial charge in [0.05, 0.1) is 0 Å². The number of aliphatic carboxylic acids is 2. The van der Waals surface area contributed by atoms with Crippen molar-refractivity contribution < 1.29 is 19.8 Å². The summed E-state index contributed by atoms with van der Waals surface area (Å²) in [5, 5.41) is 16.7. The second-order valence-electron chi connectivity index (χ2n) is 4.20. The van der Waals surface area contributed by atoms with Gasteiger partial charge < -0.3 is 10.2 Å². The first-order valence-electron chi connectivity index (χ1n) is 5.19. The standard InChI is InChI=1S/C6H10O4.C5H12/c1-3(2)4(5(7)8)6(9)10;1-4-5(2)3/h3-4H,1-2H3,(H,7,8)(H,9,10);5H,4H2,1-3H3. The van der Waals surface area contributed by atoms with E-state index in [1.807, 2.05) is 0 Å². The van der Waals surface area contributed by atoms with Gasteiger partial charge in [-0.1, -0.05) is 41.0 Å². The summed E-state index contributed by atoms with van der Waals surface area (Å²) < 4.78 is 0. The molecule has 0 unspecified atom stereocenters. The van der Waals surface area contributed by atoms with Gasteiger partial charge >= 0.3 is 11.9 Å². The highest BCUT2D eigenvalue weighted by Crippen LogP contribution is 2.10. The SMILES string of the molecule is CC(C)C(C(=O)O)C(=O)O.CCC(C)C. The van der Waals surface area contributed by atoms with Crippen LogP contribution in [0.1, 0.15) is 41.0 Å². The number of rotatable bonds is 4. The summed E-state index contributed by atoms with van der Waals surface area (Å²) in [4.78, 5) is 20.4. The number of hydrogen-bond donors (Lipinski definition) is 2. The second-order valence-corrected chi connectivity index (χ2v) is 4.20. The molecular formula is C11H22O4. The van der Waals surface area contributed by atoms with Crippen molar-refractivity contribution in [2.75, 3.05) is 0 Å². The third-order valence-corrected chi connectivity index (χ3v) is 2.02. The summed E-state index contributed by atoms with van der Waals surface area (Å²) in [5.74, 6) is -3.31. The maximum absolute atomic E-state index is 10.2. The van der Waals surface area contributed by atoms with E-state index in [1.165, 1.54) is 6.42 Å². The minimum atomic E-state index is -1.28. The largest absolute Gasteiger partial charge is 0.481 e. The topological polar surface area (TPSA) is 74.6 Å². The van der Waals surface area contributed by atoms with E-state index in [2.05, 4.69) is 20.8 Å². The molecule has 0 bridgehead atoms. The summed E-state index contributed by atoms with van der Waals surface area (Å²) in [5.41, 5.74) is 0. The van der Waals surface area contributed by atoms with E-state index in [9.17, 15) is 9.59 Å². The lowest BCUT2D eigenvalue weighted by atomic mass is 9.97. The summed E-state index contributed by atoms with van der Waals surface area (Å²) in [6.07, 6.45) is 1.31. The molecule has 0 spiro atoms. The molecule has 0 saturated carbocycles. The Bertz CT molecular complexity index is 183. The van der Waals surface area contributed by atoms with Crippen LogP contribution in [0.2, 0.25) is 0 Å². The first kappa shape index (κ1) is 16.4. The van der Waals surface area contributed by atoms with Crippen molar-refractivity contribution in [3.8, 4) is 0 Å². The molecule has 0 saturated heterocycles.